The Balaban J connectivity index is 2.48. The molecule has 1 saturated heterocycles. The number of rotatable bonds is 2. The average Bonchev–Trinajstić information content (AvgIpc) is 2.25. The number of hydroxylamine groups is 2. The molecule has 0 aromatic rings. The van der Waals surface area contributed by atoms with Crippen LogP contribution in [0.2, 0.25) is 18.1 Å². The van der Waals surface area contributed by atoms with Gasteiger partial charge in [-0.05, 0) is 38.9 Å². The number of nitrogens with zero attached hydrogens (tertiary/aromatic N) is 2. The van der Waals surface area contributed by atoms with E-state index >= 15 is 0 Å². The van der Waals surface area contributed by atoms with Crippen LogP contribution in [0.15, 0.2) is 0 Å². The van der Waals surface area contributed by atoms with Crippen molar-refractivity contribution in [1.29, 1.82) is 0 Å². The molecule has 6 heteroatoms. The maximum absolute atomic E-state index is 12.0. The molecule has 5 nitrogen and oxygen atoms in total. The molecule has 0 spiro atoms. The lowest BCUT2D eigenvalue weighted by Gasteiger charge is -2.42. The lowest BCUT2D eigenvalue weighted by Crippen LogP contribution is -2.54. The van der Waals surface area contributed by atoms with Crippen LogP contribution in [0.25, 0.3) is 0 Å². The Morgan fingerprint density at radius 1 is 0.952 bits per heavy atom. The zero-order valence-corrected chi connectivity index (χ0v) is 15.9. The third kappa shape index (κ3) is 5.60. The van der Waals surface area contributed by atoms with E-state index in [1.807, 2.05) is 25.8 Å². The van der Waals surface area contributed by atoms with E-state index in [0.29, 0.717) is 13.1 Å². The summed E-state index contributed by atoms with van der Waals surface area (Å²) in [7, 11) is -1.79. The van der Waals surface area contributed by atoms with Gasteiger partial charge in [-0.15, -0.1) is 0 Å². The van der Waals surface area contributed by atoms with Crippen molar-refractivity contribution >= 4 is 14.4 Å². The summed E-state index contributed by atoms with van der Waals surface area (Å²) >= 11 is 0. The van der Waals surface area contributed by atoms with E-state index in [1.165, 1.54) is 0 Å². The van der Waals surface area contributed by atoms with E-state index in [4.69, 9.17) is 9.26 Å². The molecule has 0 unspecified atom stereocenters. The molecule has 21 heavy (non-hydrogen) atoms. The lowest BCUT2D eigenvalue weighted by atomic mass is 10.2. The molecule has 1 aliphatic rings. The Morgan fingerprint density at radius 3 is 1.81 bits per heavy atom. The zero-order valence-electron chi connectivity index (χ0n) is 14.9. The zero-order chi connectivity index (χ0) is 16.5. The van der Waals surface area contributed by atoms with Crippen molar-refractivity contribution in [3.8, 4) is 0 Å². The first kappa shape index (κ1) is 18.5. The van der Waals surface area contributed by atoms with Gasteiger partial charge in [-0.1, -0.05) is 20.8 Å². The molecule has 1 fully saturated rings. The van der Waals surface area contributed by atoms with Gasteiger partial charge in [0.25, 0.3) is 0 Å². The molecule has 0 aliphatic carbocycles. The van der Waals surface area contributed by atoms with Crippen LogP contribution in [0, 0.1) is 0 Å². The van der Waals surface area contributed by atoms with Crippen molar-refractivity contribution in [2.45, 2.75) is 65.3 Å². The van der Waals surface area contributed by atoms with E-state index in [-0.39, 0.29) is 11.1 Å². The summed E-state index contributed by atoms with van der Waals surface area (Å²) in [6.45, 7) is 19.7. The summed E-state index contributed by atoms with van der Waals surface area (Å²) in [6.07, 6.45) is -0.227. The van der Waals surface area contributed by atoms with Crippen LogP contribution in [0.5, 0.6) is 0 Å². The molecule has 0 N–H and O–H groups in total. The molecular formula is C15H32N2O3Si. The Kier molecular flexibility index (Phi) is 5.50. The highest BCUT2D eigenvalue weighted by molar-refractivity contribution is 6.74. The highest BCUT2D eigenvalue weighted by Gasteiger charge is 2.40. The van der Waals surface area contributed by atoms with Gasteiger partial charge in [-0.3, -0.25) is 0 Å². The lowest BCUT2D eigenvalue weighted by molar-refractivity contribution is -0.101. The second kappa shape index (κ2) is 6.26. The van der Waals surface area contributed by atoms with E-state index in [1.54, 1.807) is 4.90 Å². The van der Waals surface area contributed by atoms with Gasteiger partial charge >= 0.3 is 6.09 Å². The summed E-state index contributed by atoms with van der Waals surface area (Å²) in [5.41, 5.74) is -0.439. The fraction of sp³-hybridized carbons (Fsp3) is 0.933. The van der Waals surface area contributed by atoms with Crippen molar-refractivity contribution in [1.82, 2.24) is 9.96 Å². The Morgan fingerprint density at radius 2 is 1.43 bits per heavy atom. The van der Waals surface area contributed by atoms with Crippen LogP contribution in [-0.4, -0.2) is 56.2 Å². The fourth-order valence-corrected chi connectivity index (χ4v) is 2.85. The van der Waals surface area contributed by atoms with Crippen molar-refractivity contribution in [2.75, 3.05) is 26.2 Å². The van der Waals surface area contributed by atoms with Gasteiger partial charge in [0, 0.05) is 26.2 Å². The molecule has 124 valence electrons. The number of ether oxygens (including phenoxy) is 1. The number of amides is 1. The highest BCUT2D eigenvalue weighted by atomic mass is 28.4. The number of hydrogen-bond acceptors (Lipinski definition) is 4. The molecule has 1 rings (SSSR count). The van der Waals surface area contributed by atoms with Crippen molar-refractivity contribution in [3.63, 3.8) is 0 Å². The predicted octanol–water partition coefficient (Wildman–Crippen LogP) is 3.48. The second-order valence-electron chi connectivity index (χ2n) is 8.25. The standard InChI is InChI=1S/C15H32N2O3Si/c1-14(2,3)19-13(18)16-9-11-17(12-10-16)20-21(7,8)15(4,5)6/h9-12H2,1-8H3. The van der Waals surface area contributed by atoms with Gasteiger partial charge in [0.2, 0.25) is 8.32 Å². The van der Waals surface area contributed by atoms with E-state index in [0.717, 1.165) is 13.1 Å². The highest BCUT2D eigenvalue weighted by Crippen LogP contribution is 2.37. The van der Waals surface area contributed by atoms with Crippen LogP contribution in [0.4, 0.5) is 4.79 Å². The van der Waals surface area contributed by atoms with E-state index < -0.39 is 13.9 Å². The summed E-state index contributed by atoms with van der Waals surface area (Å²) in [6, 6.07) is 0. The van der Waals surface area contributed by atoms with Crippen LogP contribution in [0.1, 0.15) is 41.5 Å². The largest absolute Gasteiger partial charge is 0.444 e. The number of carbonyl (C=O) groups is 1. The monoisotopic (exact) mass is 316 g/mol. The molecule has 0 aromatic heterocycles. The smallest absolute Gasteiger partial charge is 0.410 e. The molecule has 0 atom stereocenters. The summed E-state index contributed by atoms with van der Waals surface area (Å²) in [4.78, 5) is 13.8. The van der Waals surface area contributed by atoms with Crippen molar-refractivity contribution in [3.05, 3.63) is 0 Å². The molecule has 0 bridgehead atoms. The van der Waals surface area contributed by atoms with Gasteiger partial charge in [-0.25, -0.2) is 4.79 Å². The first-order chi connectivity index (χ1) is 9.32. The molecule has 0 saturated carbocycles. The normalized spacial score (nSPS) is 18.8. The Hall–Kier alpha value is -0.593. The van der Waals surface area contributed by atoms with Gasteiger partial charge in [-0.2, -0.15) is 5.06 Å². The topological polar surface area (TPSA) is 42.0 Å². The van der Waals surface area contributed by atoms with Gasteiger partial charge in [0.1, 0.15) is 5.60 Å². The summed E-state index contributed by atoms with van der Waals surface area (Å²) < 4.78 is 11.7. The average molecular weight is 317 g/mol. The Labute approximate surface area is 130 Å². The third-order valence-electron chi connectivity index (χ3n) is 4.05. The predicted molar refractivity (Wildman–Crippen MR) is 87.7 cm³/mol. The van der Waals surface area contributed by atoms with Crippen LogP contribution < -0.4 is 0 Å². The SMILES string of the molecule is CC(C)(C)OC(=O)N1CCN(O[Si](C)(C)C(C)(C)C)CC1. The number of hydrogen-bond donors (Lipinski definition) is 0. The third-order valence-corrected chi connectivity index (χ3v) is 8.38. The molecule has 0 aromatic carbocycles. The minimum absolute atomic E-state index is 0.190. The minimum Gasteiger partial charge on any atom is -0.444 e. The van der Waals surface area contributed by atoms with Crippen molar-refractivity contribution < 1.29 is 14.1 Å². The molecule has 0 radical (unpaired) electrons. The fourth-order valence-electron chi connectivity index (χ4n) is 1.75. The summed E-state index contributed by atoms with van der Waals surface area (Å²) in [5.74, 6) is 0. The van der Waals surface area contributed by atoms with Crippen LogP contribution in [-0.2, 0) is 9.26 Å². The molecule has 1 amide bonds. The second-order valence-corrected chi connectivity index (χ2v) is 13.0. The first-order valence-electron chi connectivity index (χ1n) is 7.74. The number of piperazine rings is 1. The molecule has 1 heterocycles. The maximum atomic E-state index is 12.0. The van der Waals surface area contributed by atoms with Crippen LogP contribution in [0.3, 0.4) is 0 Å². The molecular weight excluding hydrogens is 284 g/mol. The van der Waals surface area contributed by atoms with Gasteiger partial charge in [0.15, 0.2) is 0 Å². The maximum Gasteiger partial charge on any atom is 0.410 e. The quantitative estimate of drug-likeness (QED) is 0.732. The first-order valence-corrected chi connectivity index (χ1v) is 10.6. The molecule has 1 aliphatic heterocycles. The van der Waals surface area contributed by atoms with Gasteiger partial charge in [0.05, 0.1) is 0 Å². The van der Waals surface area contributed by atoms with E-state index in [9.17, 15) is 4.79 Å². The number of carbonyl (C=O) groups excluding carboxylic acids is 1. The van der Waals surface area contributed by atoms with Crippen molar-refractivity contribution in [2.24, 2.45) is 0 Å². The van der Waals surface area contributed by atoms with Gasteiger partial charge < -0.3 is 14.2 Å². The van der Waals surface area contributed by atoms with E-state index in [2.05, 4.69) is 33.9 Å². The summed E-state index contributed by atoms with van der Waals surface area (Å²) in [5, 5.41) is 2.22. The minimum atomic E-state index is -1.79. The van der Waals surface area contributed by atoms with Crippen LogP contribution >= 0.6 is 0 Å². The Bertz CT molecular complexity index is 364.